The highest BCUT2D eigenvalue weighted by Gasteiger charge is 2.17. The zero-order valence-electron chi connectivity index (χ0n) is 9.14. The number of nitrogens with zero attached hydrogens (tertiary/aromatic N) is 2. The third-order valence-corrected chi connectivity index (χ3v) is 2.17. The normalized spacial score (nSPS) is 12.4. The second kappa shape index (κ2) is 6.19. The number of carbonyl (C=O) groups is 1. The molecule has 84 valence electrons. The van der Waals surface area contributed by atoms with Crippen molar-refractivity contribution in [2.75, 3.05) is 13.7 Å². The zero-order chi connectivity index (χ0) is 11.1. The third kappa shape index (κ3) is 3.71. The Morgan fingerprint density at radius 2 is 2.47 bits per heavy atom. The maximum atomic E-state index is 11.4. The molecule has 1 heterocycles. The lowest BCUT2D eigenvalue weighted by Gasteiger charge is -2.15. The lowest BCUT2D eigenvalue weighted by Crippen LogP contribution is -2.38. The van der Waals surface area contributed by atoms with Crippen LogP contribution in [0.4, 0.5) is 0 Å². The van der Waals surface area contributed by atoms with Gasteiger partial charge in [0.05, 0.1) is 13.4 Å². The van der Waals surface area contributed by atoms with E-state index in [2.05, 4.69) is 10.3 Å². The minimum Gasteiger partial charge on any atom is -0.468 e. The number of hydrogen-bond donors (Lipinski definition) is 1. The van der Waals surface area contributed by atoms with E-state index in [1.165, 1.54) is 7.11 Å². The van der Waals surface area contributed by atoms with Crippen molar-refractivity contribution >= 4 is 5.97 Å². The van der Waals surface area contributed by atoms with Crippen molar-refractivity contribution in [3.8, 4) is 0 Å². The molecular weight excluding hydrogens is 194 g/mol. The molecule has 0 amide bonds. The first-order chi connectivity index (χ1) is 7.27. The molecule has 1 unspecified atom stereocenters. The number of hydrogen-bond acceptors (Lipinski definition) is 4. The van der Waals surface area contributed by atoms with Crippen molar-refractivity contribution in [3.05, 3.63) is 18.7 Å². The summed E-state index contributed by atoms with van der Waals surface area (Å²) in [6.45, 7) is 3.48. The van der Waals surface area contributed by atoms with Crippen LogP contribution in [0.3, 0.4) is 0 Å². The molecule has 1 rings (SSSR count). The number of ether oxygens (including phenoxy) is 1. The van der Waals surface area contributed by atoms with Crippen LogP contribution in [0.1, 0.15) is 13.3 Å². The molecule has 1 N–H and O–H groups in total. The molecule has 1 atom stereocenters. The maximum absolute atomic E-state index is 11.4. The van der Waals surface area contributed by atoms with Crippen LogP contribution in [0.15, 0.2) is 18.7 Å². The number of esters is 1. The van der Waals surface area contributed by atoms with E-state index in [1.54, 1.807) is 12.5 Å². The summed E-state index contributed by atoms with van der Waals surface area (Å²) in [5.74, 6) is -0.211. The minimum atomic E-state index is -0.234. The van der Waals surface area contributed by atoms with Crippen LogP contribution in [0, 0.1) is 0 Å². The minimum absolute atomic E-state index is 0.211. The van der Waals surface area contributed by atoms with Crippen LogP contribution >= 0.6 is 0 Å². The molecule has 0 saturated heterocycles. The molecule has 0 fully saturated rings. The van der Waals surface area contributed by atoms with E-state index in [0.717, 1.165) is 13.1 Å². The van der Waals surface area contributed by atoms with Gasteiger partial charge in [-0.1, -0.05) is 6.92 Å². The van der Waals surface area contributed by atoms with Gasteiger partial charge in [0.15, 0.2) is 0 Å². The van der Waals surface area contributed by atoms with Crippen molar-refractivity contribution in [2.24, 2.45) is 0 Å². The molecule has 0 spiro atoms. The molecule has 0 radical (unpaired) electrons. The topological polar surface area (TPSA) is 56.2 Å². The number of methoxy groups -OCH3 is 1. The first-order valence-corrected chi connectivity index (χ1v) is 5.05. The molecule has 0 bridgehead atoms. The lowest BCUT2D eigenvalue weighted by atomic mass is 10.2. The van der Waals surface area contributed by atoms with Crippen LogP contribution in [-0.4, -0.2) is 35.2 Å². The monoisotopic (exact) mass is 211 g/mol. The van der Waals surface area contributed by atoms with Crippen LogP contribution in [0.5, 0.6) is 0 Å². The average Bonchev–Trinajstić information content (AvgIpc) is 2.76. The van der Waals surface area contributed by atoms with Crippen molar-refractivity contribution < 1.29 is 9.53 Å². The number of likely N-dealkylation sites (N-methyl/N-ethyl adjacent to an activating group) is 1. The summed E-state index contributed by atoms with van der Waals surface area (Å²) in [4.78, 5) is 15.3. The SMILES string of the molecule is CCNC(CCn1ccnc1)C(=O)OC. The van der Waals surface area contributed by atoms with Gasteiger partial charge < -0.3 is 14.6 Å². The van der Waals surface area contributed by atoms with Crippen LogP contribution in [0.25, 0.3) is 0 Å². The summed E-state index contributed by atoms with van der Waals surface area (Å²) in [5, 5.41) is 3.09. The molecule has 15 heavy (non-hydrogen) atoms. The fourth-order valence-corrected chi connectivity index (χ4v) is 1.39. The van der Waals surface area contributed by atoms with E-state index >= 15 is 0 Å². The van der Waals surface area contributed by atoms with Gasteiger partial charge in [-0.05, 0) is 13.0 Å². The van der Waals surface area contributed by atoms with Crippen LogP contribution in [-0.2, 0) is 16.1 Å². The highest BCUT2D eigenvalue weighted by molar-refractivity contribution is 5.75. The number of aryl methyl sites for hydroxylation is 1. The summed E-state index contributed by atoms with van der Waals surface area (Å²) in [7, 11) is 1.41. The van der Waals surface area contributed by atoms with E-state index < -0.39 is 0 Å². The van der Waals surface area contributed by atoms with Crippen molar-refractivity contribution in [3.63, 3.8) is 0 Å². The number of aromatic nitrogens is 2. The molecule has 0 aliphatic rings. The Labute approximate surface area is 89.4 Å². The van der Waals surface area contributed by atoms with Gasteiger partial charge in [0.2, 0.25) is 0 Å². The van der Waals surface area contributed by atoms with Gasteiger partial charge in [-0.2, -0.15) is 0 Å². The summed E-state index contributed by atoms with van der Waals surface area (Å²) >= 11 is 0. The quantitative estimate of drug-likeness (QED) is 0.693. The van der Waals surface area contributed by atoms with Gasteiger partial charge in [0, 0.05) is 18.9 Å². The van der Waals surface area contributed by atoms with E-state index in [4.69, 9.17) is 4.74 Å². The zero-order valence-corrected chi connectivity index (χ0v) is 9.14. The summed E-state index contributed by atoms with van der Waals surface area (Å²) in [6, 6.07) is -0.234. The lowest BCUT2D eigenvalue weighted by molar-refractivity contribution is -0.143. The fraction of sp³-hybridized carbons (Fsp3) is 0.600. The second-order valence-corrected chi connectivity index (χ2v) is 3.22. The number of imidazole rings is 1. The van der Waals surface area contributed by atoms with Crippen molar-refractivity contribution in [1.82, 2.24) is 14.9 Å². The fourth-order valence-electron chi connectivity index (χ4n) is 1.39. The molecule has 0 aliphatic heterocycles. The second-order valence-electron chi connectivity index (χ2n) is 3.22. The Balaban J connectivity index is 2.41. The smallest absolute Gasteiger partial charge is 0.322 e. The van der Waals surface area contributed by atoms with Crippen molar-refractivity contribution in [1.29, 1.82) is 0 Å². The maximum Gasteiger partial charge on any atom is 0.322 e. The molecule has 1 aromatic rings. The number of carbonyl (C=O) groups excluding carboxylic acids is 1. The van der Waals surface area contributed by atoms with Gasteiger partial charge in [0.1, 0.15) is 6.04 Å². The number of rotatable bonds is 6. The highest BCUT2D eigenvalue weighted by Crippen LogP contribution is 1.99. The van der Waals surface area contributed by atoms with Gasteiger partial charge in [-0.25, -0.2) is 4.98 Å². The van der Waals surface area contributed by atoms with Gasteiger partial charge in [-0.3, -0.25) is 4.79 Å². The molecule has 1 aromatic heterocycles. The molecule has 5 nitrogen and oxygen atoms in total. The highest BCUT2D eigenvalue weighted by atomic mass is 16.5. The largest absolute Gasteiger partial charge is 0.468 e. The Kier molecular flexibility index (Phi) is 4.83. The van der Waals surface area contributed by atoms with Crippen molar-refractivity contribution in [2.45, 2.75) is 25.9 Å². The summed E-state index contributed by atoms with van der Waals surface area (Å²) in [6.07, 6.45) is 6.04. The average molecular weight is 211 g/mol. The standard InChI is InChI=1S/C10H17N3O2/c1-3-12-9(10(14)15-2)4-6-13-7-5-11-8-13/h5,7-9,12H,3-4,6H2,1-2H3. The molecular formula is C10H17N3O2. The van der Waals surface area contributed by atoms with E-state index in [9.17, 15) is 4.79 Å². The van der Waals surface area contributed by atoms with E-state index in [0.29, 0.717) is 6.42 Å². The van der Waals surface area contributed by atoms with Crippen LogP contribution in [0.2, 0.25) is 0 Å². The summed E-state index contributed by atoms with van der Waals surface area (Å²) in [5.41, 5.74) is 0. The Morgan fingerprint density at radius 3 is 3.00 bits per heavy atom. The Morgan fingerprint density at radius 1 is 1.67 bits per heavy atom. The predicted molar refractivity (Wildman–Crippen MR) is 56.3 cm³/mol. The Bertz CT molecular complexity index is 285. The first-order valence-electron chi connectivity index (χ1n) is 5.05. The van der Waals surface area contributed by atoms with E-state index in [-0.39, 0.29) is 12.0 Å². The van der Waals surface area contributed by atoms with Gasteiger partial charge >= 0.3 is 5.97 Å². The van der Waals surface area contributed by atoms with Crippen LogP contribution < -0.4 is 5.32 Å². The van der Waals surface area contributed by atoms with Gasteiger partial charge in [-0.15, -0.1) is 0 Å². The molecule has 0 saturated carbocycles. The first kappa shape index (κ1) is 11.7. The third-order valence-electron chi connectivity index (χ3n) is 2.17. The number of nitrogens with one attached hydrogen (secondary N) is 1. The Hall–Kier alpha value is -1.36. The molecule has 5 heteroatoms. The predicted octanol–water partition coefficient (Wildman–Crippen LogP) is 0.424. The van der Waals surface area contributed by atoms with Gasteiger partial charge in [0.25, 0.3) is 0 Å². The van der Waals surface area contributed by atoms with E-state index in [1.807, 2.05) is 17.7 Å². The molecule has 0 aromatic carbocycles. The summed E-state index contributed by atoms with van der Waals surface area (Å²) < 4.78 is 6.65. The molecule has 0 aliphatic carbocycles.